The van der Waals surface area contributed by atoms with Crippen LogP contribution in [0, 0.1) is 11.8 Å². The molecule has 1 heterocycles. The fraction of sp³-hybridized carbons (Fsp3) is 0.929. The van der Waals surface area contributed by atoms with Crippen LogP contribution in [0.3, 0.4) is 0 Å². The molecule has 1 aliphatic carbocycles. The van der Waals surface area contributed by atoms with Crippen LogP contribution in [0.2, 0.25) is 0 Å². The van der Waals surface area contributed by atoms with E-state index in [0.29, 0.717) is 12.5 Å². The molecule has 0 bridgehead atoms. The molecule has 0 aromatic heterocycles. The van der Waals surface area contributed by atoms with Crippen LogP contribution in [0.25, 0.3) is 0 Å². The summed E-state index contributed by atoms with van der Waals surface area (Å²) in [6, 6.07) is 0.580. The first-order valence-corrected chi connectivity index (χ1v) is 7.16. The van der Waals surface area contributed by atoms with Gasteiger partial charge in [-0.3, -0.25) is 0 Å². The van der Waals surface area contributed by atoms with Crippen molar-refractivity contribution in [2.24, 2.45) is 11.8 Å². The number of nitrogens with one attached hydrogen (secondary N) is 1. The minimum absolute atomic E-state index is 0.0821. The molecule has 2 N–H and O–H groups in total. The lowest BCUT2D eigenvalue weighted by Gasteiger charge is -2.32. The van der Waals surface area contributed by atoms with Gasteiger partial charge in [-0.25, -0.2) is 4.79 Å². The highest BCUT2D eigenvalue weighted by Crippen LogP contribution is 2.28. The zero-order valence-corrected chi connectivity index (χ0v) is 11.4. The summed E-state index contributed by atoms with van der Waals surface area (Å²) in [5.74, 6) is 0.766. The lowest BCUT2D eigenvalue weighted by atomic mass is 9.80. The van der Waals surface area contributed by atoms with Gasteiger partial charge in [0, 0.05) is 12.6 Å². The van der Waals surface area contributed by atoms with Crippen molar-refractivity contribution in [1.82, 2.24) is 5.32 Å². The Kier molecular flexibility index (Phi) is 4.62. The molecule has 2 rings (SSSR count). The Bertz CT molecular complexity index is 285. The topological polar surface area (TPSA) is 58.6 Å². The average molecular weight is 255 g/mol. The highest BCUT2D eigenvalue weighted by molar-refractivity contribution is 5.72. The van der Waals surface area contributed by atoms with Crippen molar-refractivity contribution < 1.29 is 14.6 Å². The van der Waals surface area contributed by atoms with Crippen molar-refractivity contribution >= 4 is 5.97 Å². The van der Waals surface area contributed by atoms with Crippen LogP contribution >= 0.6 is 0 Å². The second-order valence-corrected chi connectivity index (χ2v) is 6.18. The van der Waals surface area contributed by atoms with E-state index in [9.17, 15) is 4.79 Å². The van der Waals surface area contributed by atoms with E-state index >= 15 is 0 Å². The Morgan fingerprint density at radius 1 is 1.22 bits per heavy atom. The van der Waals surface area contributed by atoms with Gasteiger partial charge >= 0.3 is 5.97 Å². The van der Waals surface area contributed by atoms with Crippen molar-refractivity contribution in [1.29, 1.82) is 0 Å². The van der Waals surface area contributed by atoms with Gasteiger partial charge < -0.3 is 15.2 Å². The molecule has 4 heteroatoms. The fourth-order valence-electron chi connectivity index (χ4n) is 3.45. The molecule has 18 heavy (non-hydrogen) atoms. The third kappa shape index (κ3) is 3.69. The quantitative estimate of drug-likeness (QED) is 0.807. The number of carboxylic acid groups (broad SMARTS) is 1. The Balaban J connectivity index is 1.70. The molecule has 0 aromatic carbocycles. The number of carboxylic acids is 1. The van der Waals surface area contributed by atoms with Gasteiger partial charge in [-0.2, -0.15) is 0 Å². The standard InChI is InChI=1S/C14H25NO3/c1-9-5-10(2)7-11(6-9)15-8-12-3-4-13(18-12)14(16)17/h9-13,15H,3-8H2,1-2H3,(H,16,17). The monoisotopic (exact) mass is 255 g/mol. The molecule has 0 radical (unpaired) electrons. The molecule has 104 valence electrons. The van der Waals surface area contributed by atoms with E-state index < -0.39 is 12.1 Å². The number of carbonyl (C=O) groups is 1. The lowest BCUT2D eigenvalue weighted by Crippen LogP contribution is -2.40. The lowest BCUT2D eigenvalue weighted by molar-refractivity contribution is -0.149. The normalized spacial score (nSPS) is 40.9. The molecule has 2 fully saturated rings. The Morgan fingerprint density at radius 2 is 1.89 bits per heavy atom. The third-order valence-corrected chi connectivity index (χ3v) is 4.20. The molecule has 1 saturated carbocycles. The van der Waals surface area contributed by atoms with Crippen LogP contribution in [0.5, 0.6) is 0 Å². The van der Waals surface area contributed by atoms with E-state index in [0.717, 1.165) is 24.8 Å². The maximum atomic E-state index is 10.8. The van der Waals surface area contributed by atoms with Crippen molar-refractivity contribution in [3.63, 3.8) is 0 Å². The number of aliphatic carboxylic acids is 1. The first-order valence-electron chi connectivity index (χ1n) is 7.16. The fourth-order valence-corrected chi connectivity index (χ4v) is 3.45. The maximum absolute atomic E-state index is 10.8. The summed E-state index contributed by atoms with van der Waals surface area (Å²) in [6.07, 6.45) is 4.82. The van der Waals surface area contributed by atoms with Gasteiger partial charge in [0.2, 0.25) is 0 Å². The van der Waals surface area contributed by atoms with Crippen LogP contribution in [0.15, 0.2) is 0 Å². The minimum atomic E-state index is -0.822. The van der Waals surface area contributed by atoms with Crippen LogP contribution in [-0.2, 0) is 9.53 Å². The zero-order chi connectivity index (χ0) is 13.1. The second kappa shape index (κ2) is 6.02. The SMILES string of the molecule is CC1CC(C)CC(NCC2CCC(C(=O)O)O2)C1. The molecule has 1 saturated heterocycles. The van der Waals surface area contributed by atoms with E-state index in [-0.39, 0.29) is 6.10 Å². The Hall–Kier alpha value is -0.610. The van der Waals surface area contributed by atoms with Gasteiger partial charge in [-0.15, -0.1) is 0 Å². The number of hydrogen-bond acceptors (Lipinski definition) is 3. The number of rotatable bonds is 4. The van der Waals surface area contributed by atoms with E-state index in [4.69, 9.17) is 9.84 Å². The van der Waals surface area contributed by atoms with Gasteiger partial charge in [0.1, 0.15) is 0 Å². The predicted molar refractivity (Wildman–Crippen MR) is 69.5 cm³/mol. The summed E-state index contributed by atoms with van der Waals surface area (Å²) in [4.78, 5) is 10.8. The average Bonchev–Trinajstić information content (AvgIpc) is 2.73. The summed E-state index contributed by atoms with van der Waals surface area (Å²) in [7, 11) is 0. The molecule has 0 aromatic rings. The Morgan fingerprint density at radius 3 is 2.44 bits per heavy atom. The van der Waals surface area contributed by atoms with Crippen molar-refractivity contribution in [2.75, 3.05) is 6.54 Å². The number of ether oxygens (including phenoxy) is 1. The molecule has 2 aliphatic rings. The smallest absolute Gasteiger partial charge is 0.332 e. The van der Waals surface area contributed by atoms with E-state index in [1.54, 1.807) is 0 Å². The van der Waals surface area contributed by atoms with Gasteiger partial charge in [0.05, 0.1) is 6.10 Å². The largest absolute Gasteiger partial charge is 0.479 e. The second-order valence-electron chi connectivity index (χ2n) is 6.18. The van der Waals surface area contributed by atoms with E-state index in [1.165, 1.54) is 19.3 Å². The maximum Gasteiger partial charge on any atom is 0.332 e. The van der Waals surface area contributed by atoms with Crippen LogP contribution in [-0.4, -0.2) is 35.9 Å². The van der Waals surface area contributed by atoms with Crippen molar-refractivity contribution in [3.8, 4) is 0 Å². The van der Waals surface area contributed by atoms with Crippen molar-refractivity contribution in [2.45, 2.75) is 64.2 Å². The van der Waals surface area contributed by atoms with Gasteiger partial charge in [-0.05, 0) is 43.9 Å². The van der Waals surface area contributed by atoms with E-state index in [1.807, 2.05) is 0 Å². The van der Waals surface area contributed by atoms with Gasteiger partial charge in [0.15, 0.2) is 6.10 Å². The first-order chi connectivity index (χ1) is 8.54. The molecule has 0 spiro atoms. The molecule has 0 amide bonds. The zero-order valence-electron chi connectivity index (χ0n) is 11.4. The summed E-state index contributed by atoms with van der Waals surface area (Å²) in [6.45, 7) is 5.43. The molecule has 4 unspecified atom stereocenters. The highest BCUT2D eigenvalue weighted by atomic mass is 16.5. The molecular weight excluding hydrogens is 230 g/mol. The van der Waals surface area contributed by atoms with Crippen LogP contribution in [0.4, 0.5) is 0 Å². The third-order valence-electron chi connectivity index (χ3n) is 4.20. The number of hydrogen-bond donors (Lipinski definition) is 2. The summed E-state index contributed by atoms with van der Waals surface area (Å²) >= 11 is 0. The molecular formula is C14H25NO3. The molecule has 4 nitrogen and oxygen atoms in total. The van der Waals surface area contributed by atoms with Gasteiger partial charge in [0.25, 0.3) is 0 Å². The summed E-state index contributed by atoms with van der Waals surface area (Å²) < 4.78 is 5.51. The summed E-state index contributed by atoms with van der Waals surface area (Å²) in [5.41, 5.74) is 0. The Labute approximate surface area is 109 Å². The molecule has 4 atom stereocenters. The summed E-state index contributed by atoms with van der Waals surface area (Å²) in [5, 5.41) is 12.4. The van der Waals surface area contributed by atoms with Gasteiger partial charge in [-0.1, -0.05) is 13.8 Å². The highest BCUT2D eigenvalue weighted by Gasteiger charge is 2.31. The molecule has 1 aliphatic heterocycles. The first kappa shape index (κ1) is 13.8. The van der Waals surface area contributed by atoms with Crippen molar-refractivity contribution in [3.05, 3.63) is 0 Å². The minimum Gasteiger partial charge on any atom is -0.479 e. The predicted octanol–water partition coefficient (Wildman–Crippen LogP) is 2.03. The van der Waals surface area contributed by atoms with E-state index in [2.05, 4.69) is 19.2 Å². The van der Waals surface area contributed by atoms with Crippen LogP contribution in [0.1, 0.15) is 46.0 Å². The van der Waals surface area contributed by atoms with Crippen LogP contribution < -0.4 is 5.32 Å².